The number of sulfone groups is 1. The third-order valence-corrected chi connectivity index (χ3v) is 4.52. The summed E-state index contributed by atoms with van der Waals surface area (Å²) < 4.78 is 28.2. The highest BCUT2D eigenvalue weighted by Gasteiger charge is 2.32. The molecular formula is C14H20N2O4S. The van der Waals surface area contributed by atoms with E-state index in [-0.39, 0.29) is 23.0 Å². The van der Waals surface area contributed by atoms with Crippen LogP contribution >= 0.6 is 0 Å². The van der Waals surface area contributed by atoms with Crippen LogP contribution in [0.25, 0.3) is 0 Å². The zero-order valence-corrected chi connectivity index (χ0v) is 13.0. The van der Waals surface area contributed by atoms with Gasteiger partial charge in [0.2, 0.25) is 5.91 Å². The lowest BCUT2D eigenvalue weighted by molar-refractivity contribution is -0.136. The van der Waals surface area contributed by atoms with Gasteiger partial charge >= 0.3 is 0 Å². The summed E-state index contributed by atoms with van der Waals surface area (Å²) in [7, 11) is -3.19. The number of hydrogen-bond acceptors (Lipinski definition) is 5. The van der Waals surface area contributed by atoms with Crippen LogP contribution in [0.3, 0.4) is 0 Å². The fourth-order valence-corrected chi connectivity index (χ4v) is 2.56. The Labute approximate surface area is 124 Å². The maximum absolute atomic E-state index is 11.7. The Morgan fingerprint density at radius 2 is 1.95 bits per heavy atom. The van der Waals surface area contributed by atoms with Crippen molar-refractivity contribution in [1.82, 2.24) is 10.6 Å². The summed E-state index contributed by atoms with van der Waals surface area (Å²) in [5.74, 6) is -0.185. The lowest BCUT2D eigenvalue weighted by Gasteiger charge is -2.38. The summed E-state index contributed by atoms with van der Waals surface area (Å²) in [5.41, 5.74) is 0.598. The summed E-state index contributed by atoms with van der Waals surface area (Å²) in [6, 6.07) is 6.45. The van der Waals surface area contributed by atoms with Crippen LogP contribution in [0.4, 0.5) is 0 Å². The second-order valence-corrected chi connectivity index (χ2v) is 7.55. The summed E-state index contributed by atoms with van der Waals surface area (Å²) in [4.78, 5) is 11.9. The van der Waals surface area contributed by atoms with Gasteiger partial charge in [0.1, 0.15) is 6.61 Å². The van der Waals surface area contributed by atoms with Crippen LogP contribution in [0, 0.1) is 0 Å². The number of ether oxygens (including phenoxy) is 1. The van der Waals surface area contributed by atoms with E-state index >= 15 is 0 Å². The first kappa shape index (κ1) is 15.9. The molecule has 6 nitrogen and oxygen atoms in total. The van der Waals surface area contributed by atoms with Gasteiger partial charge in [0.25, 0.3) is 0 Å². The van der Waals surface area contributed by atoms with Gasteiger partial charge in [-0.05, 0) is 24.6 Å². The van der Waals surface area contributed by atoms with E-state index in [0.717, 1.165) is 24.9 Å². The van der Waals surface area contributed by atoms with Crippen molar-refractivity contribution >= 4 is 15.7 Å². The summed E-state index contributed by atoms with van der Waals surface area (Å²) in [6.45, 7) is 3.85. The largest absolute Gasteiger partial charge is 0.363 e. The van der Waals surface area contributed by atoms with Crippen LogP contribution in [0.5, 0.6) is 0 Å². The highest BCUT2D eigenvalue weighted by molar-refractivity contribution is 7.90. The van der Waals surface area contributed by atoms with Gasteiger partial charge in [0.05, 0.1) is 10.5 Å². The normalized spacial score (nSPS) is 17.0. The maximum atomic E-state index is 11.7. The van der Waals surface area contributed by atoms with Gasteiger partial charge in [-0.3, -0.25) is 4.79 Å². The standard InChI is InChI=1S/C14H20N2O4S/c1-14(9-15-10-14)20-8-13(17)16-7-11-3-5-12(6-4-11)21(2,18)19/h3-6,15H,7-10H2,1-2H3,(H,16,17). The van der Waals surface area contributed by atoms with E-state index in [9.17, 15) is 13.2 Å². The van der Waals surface area contributed by atoms with E-state index in [1.807, 2.05) is 6.92 Å². The van der Waals surface area contributed by atoms with Crippen LogP contribution < -0.4 is 10.6 Å². The van der Waals surface area contributed by atoms with Crippen molar-refractivity contribution in [3.05, 3.63) is 29.8 Å². The molecule has 1 amide bonds. The maximum Gasteiger partial charge on any atom is 0.246 e. The predicted octanol–water partition coefficient (Wildman–Crippen LogP) is 0.0848. The third kappa shape index (κ3) is 4.52. The Hall–Kier alpha value is -1.44. The molecule has 0 saturated carbocycles. The molecule has 0 atom stereocenters. The molecular weight excluding hydrogens is 292 g/mol. The van der Waals surface area contributed by atoms with Gasteiger partial charge in [-0.15, -0.1) is 0 Å². The second kappa shape index (κ2) is 6.13. The Morgan fingerprint density at radius 1 is 1.33 bits per heavy atom. The number of rotatable bonds is 6. The number of carbonyl (C=O) groups excluding carboxylic acids is 1. The molecule has 0 bridgehead atoms. The first-order chi connectivity index (χ1) is 9.78. The molecule has 1 aromatic rings. The summed E-state index contributed by atoms with van der Waals surface area (Å²) >= 11 is 0. The molecule has 0 radical (unpaired) electrons. The summed E-state index contributed by atoms with van der Waals surface area (Å²) in [6.07, 6.45) is 1.16. The quantitative estimate of drug-likeness (QED) is 0.777. The predicted molar refractivity (Wildman–Crippen MR) is 78.6 cm³/mol. The number of amides is 1. The SMILES string of the molecule is CC1(OCC(=O)NCc2ccc(S(C)(=O)=O)cc2)CNC1. The van der Waals surface area contributed by atoms with Crippen LogP contribution in [-0.2, 0) is 25.9 Å². The van der Waals surface area contributed by atoms with Gasteiger partial charge in [0, 0.05) is 25.9 Å². The third-order valence-electron chi connectivity index (χ3n) is 3.39. The molecule has 2 N–H and O–H groups in total. The average molecular weight is 312 g/mol. The number of carbonyl (C=O) groups is 1. The fraction of sp³-hybridized carbons (Fsp3) is 0.500. The molecule has 7 heteroatoms. The molecule has 1 saturated heterocycles. The molecule has 0 unspecified atom stereocenters. The molecule has 2 rings (SSSR count). The van der Waals surface area contributed by atoms with Crippen LogP contribution in [0.2, 0.25) is 0 Å². The average Bonchev–Trinajstić information content (AvgIpc) is 2.40. The van der Waals surface area contributed by atoms with Crippen molar-refractivity contribution in [3.63, 3.8) is 0 Å². The molecule has 1 aliphatic rings. The monoisotopic (exact) mass is 312 g/mol. The molecule has 0 aliphatic carbocycles. The first-order valence-electron chi connectivity index (χ1n) is 6.69. The van der Waals surface area contributed by atoms with Crippen molar-refractivity contribution in [2.75, 3.05) is 26.0 Å². The van der Waals surface area contributed by atoms with E-state index in [0.29, 0.717) is 6.54 Å². The van der Waals surface area contributed by atoms with Crippen molar-refractivity contribution in [1.29, 1.82) is 0 Å². The molecule has 1 heterocycles. The fourth-order valence-electron chi connectivity index (χ4n) is 1.93. The van der Waals surface area contributed by atoms with E-state index < -0.39 is 9.84 Å². The molecule has 21 heavy (non-hydrogen) atoms. The Bertz CT molecular complexity index is 606. The Balaban J connectivity index is 1.78. The first-order valence-corrected chi connectivity index (χ1v) is 8.58. The molecule has 1 aromatic carbocycles. The van der Waals surface area contributed by atoms with E-state index in [1.165, 1.54) is 12.1 Å². The zero-order valence-electron chi connectivity index (χ0n) is 12.2. The zero-order chi connectivity index (χ0) is 15.5. The van der Waals surface area contributed by atoms with Crippen molar-refractivity contribution < 1.29 is 17.9 Å². The van der Waals surface area contributed by atoms with Gasteiger partial charge in [-0.1, -0.05) is 12.1 Å². The minimum Gasteiger partial charge on any atom is -0.363 e. The Kier molecular flexibility index (Phi) is 4.65. The number of hydrogen-bond donors (Lipinski definition) is 2. The topological polar surface area (TPSA) is 84.5 Å². The van der Waals surface area contributed by atoms with E-state index in [4.69, 9.17) is 4.74 Å². The number of benzene rings is 1. The van der Waals surface area contributed by atoms with E-state index in [1.54, 1.807) is 12.1 Å². The molecule has 0 aromatic heterocycles. The molecule has 1 fully saturated rings. The van der Waals surface area contributed by atoms with Crippen molar-refractivity contribution in [2.45, 2.75) is 24.0 Å². The highest BCUT2D eigenvalue weighted by Crippen LogP contribution is 2.14. The lowest BCUT2D eigenvalue weighted by Crippen LogP contribution is -2.59. The van der Waals surface area contributed by atoms with Crippen molar-refractivity contribution in [2.24, 2.45) is 0 Å². The van der Waals surface area contributed by atoms with Crippen LogP contribution in [0.15, 0.2) is 29.2 Å². The van der Waals surface area contributed by atoms with Gasteiger partial charge in [-0.2, -0.15) is 0 Å². The van der Waals surface area contributed by atoms with Crippen LogP contribution in [-0.4, -0.2) is 45.9 Å². The van der Waals surface area contributed by atoms with E-state index in [2.05, 4.69) is 10.6 Å². The van der Waals surface area contributed by atoms with Crippen LogP contribution in [0.1, 0.15) is 12.5 Å². The molecule has 116 valence electrons. The second-order valence-electron chi connectivity index (χ2n) is 5.53. The number of nitrogens with one attached hydrogen (secondary N) is 2. The smallest absolute Gasteiger partial charge is 0.246 e. The van der Waals surface area contributed by atoms with Gasteiger partial charge < -0.3 is 15.4 Å². The van der Waals surface area contributed by atoms with Gasteiger partial charge in [-0.25, -0.2) is 8.42 Å². The minimum absolute atomic E-state index is 0.0274. The molecule has 1 aliphatic heterocycles. The highest BCUT2D eigenvalue weighted by atomic mass is 32.2. The van der Waals surface area contributed by atoms with Crippen molar-refractivity contribution in [3.8, 4) is 0 Å². The summed E-state index contributed by atoms with van der Waals surface area (Å²) in [5, 5.41) is 5.84. The molecule has 0 spiro atoms. The Morgan fingerprint density at radius 3 is 2.43 bits per heavy atom. The van der Waals surface area contributed by atoms with Gasteiger partial charge in [0.15, 0.2) is 9.84 Å². The minimum atomic E-state index is -3.19. The lowest BCUT2D eigenvalue weighted by atomic mass is 10.0.